The Morgan fingerprint density at radius 1 is 1.04 bits per heavy atom. The zero-order chi connectivity index (χ0) is 17.2. The number of imidazole rings is 1. The molecule has 6 heteroatoms. The number of benzene rings is 2. The fourth-order valence-corrected chi connectivity index (χ4v) is 2.90. The number of aryl methyl sites for hydroxylation is 3. The zero-order valence-corrected chi connectivity index (χ0v) is 14.1. The molecule has 0 fully saturated rings. The molecular formula is C19H18N4O2. The SMILES string of the molecule is COc1ccc(-c2nc(CCn3c(C)nc4ccccc43)no2)cc1. The number of ether oxygens (including phenoxy) is 1. The average Bonchev–Trinajstić information content (AvgIpc) is 3.24. The number of rotatable bonds is 5. The third-order valence-corrected chi connectivity index (χ3v) is 4.21. The summed E-state index contributed by atoms with van der Waals surface area (Å²) in [6, 6.07) is 15.7. The minimum Gasteiger partial charge on any atom is -0.497 e. The smallest absolute Gasteiger partial charge is 0.257 e. The van der Waals surface area contributed by atoms with E-state index in [1.54, 1.807) is 7.11 Å². The number of nitrogens with zero attached hydrogens (tertiary/aromatic N) is 4. The van der Waals surface area contributed by atoms with Crippen LogP contribution in [0.2, 0.25) is 0 Å². The summed E-state index contributed by atoms with van der Waals surface area (Å²) in [6.07, 6.45) is 0.681. The van der Waals surface area contributed by atoms with Crippen LogP contribution in [0.3, 0.4) is 0 Å². The Hall–Kier alpha value is -3.15. The lowest BCUT2D eigenvalue weighted by molar-refractivity contribution is 0.413. The molecule has 2 aromatic heterocycles. The van der Waals surface area contributed by atoms with Crippen molar-refractivity contribution in [1.29, 1.82) is 0 Å². The molecule has 0 unspecified atom stereocenters. The molecule has 0 saturated carbocycles. The van der Waals surface area contributed by atoms with Crippen molar-refractivity contribution in [2.24, 2.45) is 0 Å². The highest BCUT2D eigenvalue weighted by Gasteiger charge is 2.11. The molecule has 6 nitrogen and oxygen atoms in total. The first-order chi connectivity index (χ1) is 12.2. The standard InChI is InChI=1S/C19H18N4O2/c1-13-20-16-5-3-4-6-17(16)23(13)12-11-18-21-19(25-22-18)14-7-9-15(24-2)10-8-14/h3-10H,11-12H2,1-2H3. The molecule has 0 spiro atoms. The Morgan fingerprint density at radius 2 is 1.84 bits per heavy atom. The van der Waals surface area contributed by atoms with E-state index in [-0.39, 0.29) is 0 Å². The number of para-hydroxylation sites is 2. The predicted molar refractivity (Wildman–Crippen MR) is 94.5 cm³/mol. The number of hydrogen-bond donors (Lipinski definition) is 0. The van der Waals surface area contributed by atoms with Crippen molar-refractivity contribution < 1.29 is 9.26 Å². The van der Waals surface area contributed by atoms with Crippen LogP contribution in [0.25, 0.3) is 22.5 Å². The van der Waals surface area contributed by atoms with Crippen molar-refractivity contribution in [3.05, 3.63) is 60.2 Å². The quantitative estimate of drug-likeness (QED) is 0.557. The van der Waals surface area contributed by atoms with Crippen LogP contribution in [0.4, 0.5) is 0 Å². The summed E-state index contributed by atoms with van der Waals surface area (Å²) in [5, 5.41) is 4.09. The molecule has 4 rings (SSSR count). The molecule has 0 saturated heterocycles. The van der Waals surface area contributed by atoms with E-state index in [9.17, 15) is 0 Å². The molecule has 0 amide bonds. The van der Waals surface area contributed by atoms with Gasteiger partial charge in [-0.1, -0.05) is 17.3 Å². The number of methoxy groups -OCH3 is 1. The molecule has 0 bridgehead atoms. The van der Waals surface area contributed by atoms with Crippen molar-refractivity contribution in [3.63, 3.8) is 0 Å². The van der Waals surface area contributed by atoms with Crippen molar-refractivity contribution in [3.8, 4) is 17.2 Å². The van der Waals surface area contributed by atoms with Crippen LogP contribution < -0.4 is 4.74 Å². The third-order valence-electron chi connectivity index (χ3n) is 4.21. The summed E-state index contributed by atoms with van der Waals surface area (Å²) >= 11 is 0. The lowest BCUT2D eigenvalue weighted by atomic mass is 10.2. The van der Waals surface area contributed by atoms with Crippen molar-refractivity contribution >= 4 is 11.0 Å². The first-order valence-electron chi connectivity index (χ1n) is 8.13. The average molecular weight is 334 g/mol. The Labute approximate surface area is 145 Å². The monoisotopic (exact) mass is 334 g/mol. The second kappa shape index (κ2) is 6.39. The fraction of sp³-hybridized carbons (Fsp3) is 0.211. The van der Waals surface area contributed by atoms with Gasteiger partial charge in [-0.15, -0.1) is 0 Å². The van der Waals surface area contributed by atoms with Gasteiger partial charge < -0.3 is 13.8 Å². The first kappa shape index (κ1) is 15.4. The van der Waals surface area contributed by atoms with Crippen LogP contribution >= 0.6 is 0 Å². The van der Waals surface area contributed by atoms with Crippen LogP contribution in [0.5, 0.6) is 5.75 Å². The minimum absolute atomic E-state index is 0.518. The molecular weight excluding hydrogens is 316 g/mol. The van der Waals surface area contributed by atoms with Gasteiger partial charge in [0.15, 0.2) is 5.82 Å². The predicted octanol–water partition coefficient (Wildman–Crippen LogP) is 3.65. The molecule has 0 aliphatic carbocycles. The van der Waals surface area contributed by atoms with Crippen molar-refractivity contribution in [2.45, 2.75) is 19.9 Å². The van der Waals surface area contributed by atoms with E-state index < -0.39 is 0 Å². The maximum Gasteiger partial charge on any atom is 0.257 e. The van der Waals surface area contributed by atoms with Gasteiger partial charge in [0, 0.05) is 18.5 Å². The summed E-state index contributed by atoms with van der Waals surface area (Å²) in [4.78, 5) is 9.07. The third kappa shape index (κ3) is 2.98. The molecule has 4 aromatic rings. The topological polar surface area (TPSA) is 66.0 Å². The van der Waals surface area contributed by atoms with E-state index in [4.69, 9.17) is 9.26 Å². The van der Waals surface area contributed by atoms with E-state index in [1.807, 2.05) is 49.4 Å². The molecule has 0 atom stereocenters. The Kier molecular flexibility index (Phi) is 3.93. The number of hydrogen-bond acceptors (Lipinski definition) is 5. The molecule has 0 aliphatic rings. The van der Waals surface area contributed by atoms with E-state index in [0.717, 1.165) is 34.7 Å². The van der Waals surface area contributed by atoms with Gasteiger partial charge in [-0.05, 0) is 43.3 Å². The molecule has 0 N–H and O–H groups in total. The lowest BCUT2D eigenvalue weighted by Gasteiger charge is -2.04. The van der Waals surface area contributed by atoms with E-state index >= 15 is 0 Å². The van der Waals surface area contributed by atoms with Gasteiger partial charge in [-0.2, -0.15) is 4.98 Å². The summed E-state index contributed by atoms with van der Waals surface area (Å²) in [5.41, 5.74) is 3.01. The molecule has 0 aliphatic heterocycles. The van der Waals surface area contributed by atoms with Crippen molar-refractivity contribution in [2.75, 3.05) is 7.11 Å². The van der Waals surface area contributed by atoms with Gasteiger partial charge in [0.25, 0.3) is 5.89 Å². The molecule has 25 heavy (non-hydrogen) atoms. The fourth-order valence-electron chi connectivity index (χ4n) is 2.90. The second-order valence-corrected chi connectivity index (χ2v) is 5.79. The van der Waals surface area contributed by atoms with Gasteiger partial charge in [0.2, 0.25) is 0 Å². The van der Waals surface area contributed by atoms with Crippen LogP contribution in [0, 0.1) is 6.92 Å². The Morgan fingerprint density at radius 3 is 2.64 bits per heavy atom. The maximum atomic E-state index is 5.39. The van der Waals surface area contributed by atoms with Gasteiger partial charge >= 0.3 is 0 Å². The molecule has 2 aromatic carbocycles. The summed E-state index contributed by atoms with van der Waals surface area (Å²) in [5.74, 6) is 2.99. The lowest BCUT2D eigenvalue weighted by Crippen LogP contribution is -2.04. The van der Waals surface area contributed by atoms with E-state index in [1.165, 1.54) is 0 Å². The zero-order valence-electron chi connectivity index (χ0n) is 14.1. The van der Waals surface area contributed by atoms with Crippen LogP contribution in [-0.2, 0) is 13.0 Å². The number of aromatic nitrogens is 4. The first-order valence-corrected chi connectivity index (χ1v) is 8.13. The van der Waals surface area contributed by atoms with Crippen molar-refractivity contribution in [1.82, 2.24) is 19.7 Å². The highest BCUT2D eigenvalue weighted by Crippen LogP contribution is 2.21. The summed E-state index contributed by atoms with van der Waals surface area (Å²) < 4.78 is 12.7. The highest BCUT2D eigenvalue weighted by molar-refractivity contribution is 5.75. The van der Waals surface area contributed by atoms with E-state index in [0.29, 0.717) is 18.1 Å². The minimum atomic E-state index is 0.518. The number of fused-ring (bicyclic) bond motifs is 1. The Balaban J connectivity index is 1.52. The molecule has 126 valence electrons. The van der Waals surface area contributed by atoms with Gasteiger partial charge in [0.05, 0.1) is 18.1 Å². The van der Waals surface area contributed by atoms with Crippen LogP contribution in [0.15, 0.2) is 53.1 Å². The second-order valence-electron chi connectivity index (χ2n) is 5.79. The van der Waals surface area contributed by atoms with Gasteiger partial charge in [-0.25, -0.2) is 4.98 Å². The molecule has 0 radical (unpaired) electrons. The van der Waals surface area contributed by atoms with E-state index in [2.05, 4.69) is 25.8 Å². The van der Waals surface area contributed by atoms with Gasteiger partial charge in [-0.3, -0.25) is 0 Å². The van der Waals surface area contributed by atoms with Crippen LogP contribution in [0.1, 0.15) is 11.6 Å². The normalized spacial score (nSPS) is 11.1. The Bertz CT molecular complexity index is 1000. The van der Waals surface area contributed by atoms with Crippen LogP contribution in [-0.4, -0.2) is 26.8 Å². The van der Waals surface area contributed by atoms with Gasteiger partial charge in [0.1, 0.15) is 11.6 Å². The highest BCUT2D eigenvalue weighted by atomic mass is 16.5. The summed E-state index contributed by atoms with van der Waals surface area (Å²) in [6.45, 7) is 2.77. The molecule has 2 heterocycles. The maximum absolute atomic E-state index is 5.39. The summed E-state index contributed by atoms with van der Waals surface area (Å²) in [7, 11) is 1.64. The largest absolute Gasteiger partial charge is 0.497 e.